The van der Waals surface area contributed by atoms with Gasteiger partial charge in [-0.2, -0.15) is 0 Å². The van der Waals surface area contributed by atoms with Crippen LogP contribution in [-0.4, -0.2) is 150 Å². The number of hydrogen-bond donors (Lipinski definition) is 13. The van der Waals surface area contributed by atoms with Gasteiger partial charge in [0.05, 0.1) is 26.1 Å². The lowest BCUT2D eigenvalue weighted by atomic mass is 9.96. The predicted molar refractivity (Wildman–Crippen MR) is 254 cm³/mol. The summed E-state index contributed by atoms with van der Waals surface area (Å²) in [5, 5.41) is 29.5. The molecule has 0 spiro atoms. The molecule has 0 aromatic heterocycles. The van der Waals surface area contributed by atoms with Crippen LogP contribution in [0.25, 0.3) is 0 Å². The van der Waals surface area contributed by atoms with E-state index in [0.29, 0.717) is 18.4 Å². The van der Waals surface area contributed by atoms with Gasteiger partial charge in [0.1, 0.15) is 42.0 Å². The molecule has 71 heavy (non-hydrogen) atoms. The number of phenols is 1. The Hall–Kier alpha value is -7.38. The van der Waals surface area contributed by atoms with E-state index in [1.807, 2.05) is 13.8 Å². The van der Waals surface area contributed by atoms with Gasteiger partial charge in [0.2, 0.25) is 70.9 Å². The number of nitrogens with zero attached hydrogens (tertiary/aromatic N) is 1. The first-order valence-corrected chi connectivity index (χ1v) is 23.4. The quantitative estimate of drug-likeness (QED) is 0.0519. The summed E-state index contributed by atoms with van der Waals surface area (Å²) in [6.45, 7) is 5.03. The summed E-state index contributed by atoms with van der Waals surface area (Å²) in [5.74, 6) is -11.7. The van der Waals surface area contributed by atoms with Gasteiger partial charge in [0, 0.05) is 25.8 Å². The molecule has 1 aliphatic rings. The van der Waals surface area contributed by atoms with E-state index in [1.54, 1.807) is 13.8 Å². The number of phenolic OH excluding ortho intramolecular Hbond substituents is 1. The highest BCUT2D eigenvalue weighted by Gasteiger charge is 2.36. The lowest BCUT2D eigenvalue weighted by Crippen LogP contribution is -2.61. The molecule has 1 aromatic carbocycles. The Labute approximate surface area is 411 Å². The van der Waals surface area contributed by atoms with Crippen molar-refractivity contribution in [3.8, 4) is 5.75 Å². The molecule has 1 aliphatic heterocycles. The van der Waals surface area contributed by atoms with E-state index in [-0.39, 0.29) is 44.0 Å². The molecule has 1 fully saturated rings. The first-order chi connectivity index (χ1) is 33.4. The molecule has 0 unspecified atom stereocenters. The third kappa shape index (κ3) is 22.3. The minimum atomic E-state index is -1.85. The molecule has 394 valence electrons. The molecule has 0 aliphatic carbocycles. The van der Waals surface area contributed by atoms with Crippen molar-refractivity contribution in [2.45, 2.75) is 128 Å². The van der Waals surface area contributed by atoms with E-state index in [2.05, 4.69) is 42.5 Å². The Morgan fingerprint density at radius 2 is 1.41 bits per heavy atom. The molecule has 1 heterocycles. The fourth-order valence-corrected chi connectivity index (χ4v) is 7.10. The first kappa shape index (κ1) is 59.7. The molecule has 1 aromatic rings. The van der Waals surface area contributed by atoms with Gasteiger partial charge < -0.3 is 75.5 Å². The maximum Gasteiger partial charge on any atom is 0.245 e. The highest BCUT2D eigenvalue weighted by molar-refractivity contribution is 5.99. The number of carbonyl (C=O) groups is 12. The highest BCUT2D eigenvalue weighted by Crippen LogP contribution is 2.15. The summed E-state index contributed by atoms with van der Waals surface area (Å²) >= 11 is 0. The zero-order valence-corrected chi connectivity index (χ0v) is 40.6. The molecule has 12 amide bonds. The van der Waals surface area contributed by atoms with Gasteiger partial charge in [-0.05, 0) is 68.2 Å². The Kier molecular flexibility index (Phi) is 25.5. The van der Waals surface area contributed by atoms with Crippen LogP contribution in [-0.2, 0) is 64.0 Å². The first-order valence-electron chi connectivity index (χ1n) is 23.4. The topological polar surface area (TPSA) is 429 Å². The lowest BCUT2D eigenvalue weighted by Gasteiger charge is -2.30. The number of nitrogens with two attached hydrogens (primary N) is 4. The number of carbonyl (C=O) groups excluding carboxylic acids is 12. The van der Waals surface area contributed by atoms with Crippen molar-refractivity contribution in [2.75, 3.05) is 32.7 Å². The van der Waals surface area contributed by atoms with Gasteiger partial charge in [-0.15, -0.1) is 0 Å². The zero-order valence-electron chi connectivity index (χ0n) is 40.6. The van der Waals surface area contributed by atoms with Crippen molar-refractivity contribution < 1.29 is 62.6 Å². The van der Waals surface area contributed by atoms with Crippen LogP contribution in [0.15, 0.2) is 24.3 Å². The normalized spacial score (nSPS) is 20.6. The maximum absolute atomic E-state index is 14.5. The second-order valence-electron chi connectivity index (χ2n) is 17.7. The van der Waals surface area contributed by atoms with Gasteiger partial charge in [-0.1, -0.05) is 46.2 Å². The molecule has 1 saturated heterocycles. The fraction of sp³-hybridized carbons (Fsp3) is 0.600. The van der Waals surface area contributed by atoms with Crippen LogP contribution in [0.4, 0.5) is 0 Å². The van der Waals surface area contributed by atoms with Crippen LogP contribution in [0, 0.1) is 11.8 Å². The third-order valence-corrected chi connectivity index (χ3v) is 11.3. The lowest BCUT2D eigenvalue weighted by molar-refractivity contribution is -0.141. The van der Waals surface area contributed by atoms with E-state index in [0.717, 1.165) is 4.90 Å². The summed E-state index contributed by atoms with van der Waals surface area (Å²) < 4.78 is 0. The molecule has 7 atom stereocenters. The second-order valence-corrected chi connectivity index (χ2v) is 17.7. The summed E-state index contributed by atoms with van der Waals surface area (Å²) in [6.07, 6.45) is -1.95. The number of nitrogens with one attached hydrogen (secondary N) is 8. The molecule has 17 N–H and O–H groups in total. The SMILES string of the molecule is CC[C@H](C)[C@@H]1NC(=O)[C@H](Cc2ccc(O)cc2)NC(=O)CNC(=O)CC[C@@H](C(=O)N(CCCN)CC(=O)N[C@@H](CCC(C)C)C(=O)NCC(N)=O)NC(=O)[C@H](CC(N)=O)NC(=O)[C@H](CCC(N)=O)NC1=O. The Bertz CT molecular complexity index is 2070. The molecule has 26 heteroatoms. The van der Waals surface area contributed by atoms with Crippen molar-refractivity contribution in [2.24, 2.45) is 34.8 Å². The van der Waals surface area contributed by atoms with E-state index < -0.39 is 165 Å². The van der Waals surface area contributed by atoms with Crippen molar-refractivity contribution in [3.05, 3.63) is 29.8 Å². The summed E-state index contributed by atoms with van der Waals surface area (Å²) in [5.41, 5.74) is 22.3. The minimum absolute atomic E-state index is 0.0230. The monoisotopic (exact) mass is 1000 g/mol. The van der Waals surface area contributed by atoms with E-state index >= 15 is 0 Å². The third-order valence-electron chi connectivity index (χ3n) is 11.3. The molecule has 2 rings (SSSR count). The number of rotatable bonds is 22. The molecule has 0 bridgehead atoms. The smallest absolute Gasteiger partial charge is 0.245 e. The summed E-state index contributed by atoms with van der Waals surface area (Å²) in [7, 11) is 0. The number of aromatic hydroxyl groups is 1. The average Bonchev–Trinajstić information content (AvgIpc) is 3.30. The van der Waals surface area contributed by atoms with Crippen molar-refractivity contribution >= 4 is 70.9 Å². The van der Waals surface area contributed by atoms with Gasteiger partial charge in [0.15, 0.2) is 0 Å². The molecule has 0 saturated carbocycles. The predicted octanol–water partition coefficient (Wildman–Crippen LogP) is -4.84. The summed E-state index contributed by atoms with van der Waals surface area (Å²) in [4.78, 5) is 161. The van der Waals surface area contributed by atoms with Gasteiger partial charge >= 0.3 is 0 Å². The van der Waals surface area contributed by atoms with Crippen LogP contribution in [0.2, 0.25) is 0 Å². The highest BCUT2D eigenvalue weighted by atomic mass is 16.3. The van der Waals surface area contributed by atoms with E-state index in [9.17, 15) is 62.6 Å². The van der Waals surface area contributed by atoms with Gasteiger partial charge in [-0.3, -0.25) is 57.5 Å². The Morgan fingerprint density at radius 1 is 0.775 bits per heavy atom. The number of benzene rings is 1. The largest absolute Gasteiger partial charge is 0.508 e. The number of amides is 12. The molecule has 26 nitrogen and oxygen atoms in total. The minimum Gasteiger partial charge on any atom is -0.508 e. The molecular formula is C45H71N13O13. The standard InChI is InChI=1S/C45H71N13O13/c1-5-25(4)39-44(70)54-29(13-15-33(47)60)41(67)56-32(20-34(48)61)42(68)55-30(14-16-36(63)50-22-37(64)53-31(43(69)57-39)19-26-8-10-27(59)11-9-26)45(71)58(18-6-17-46)23-38(65)52-28(12-7-24(2)3)40(66)51-21-35(49)62/h8-11,24-25,28-32,39,59H,5-7,12-23,46H2,1-4H3,(H2,47,60)(H2,48,61)(H2,49,62)(H,50,63)(H,51,66)(H,52,65)(H,53,64)(H,54,70)(H,55,68)(H,56,67)(H,57,69)/t25-,28-,29-,30-,31-,32-,39-/m0/s1. The summed E-state index contributed by atoms with van der Waals surface area (Å²) in [6, 6.07) is -3.36. The molecular weight excluding hydrogens is 931 g/mol. The van der Waals surface area contributed by atoms with E-state index in [1.165, 1.54) is 24.3 Å². The van der Waals surface area contributed by atoms with Gasteiger partial charge in [0.25, 0.3) is 0 Å². The molecule has 0 radical (unpaired) electrons. The average molecular weight is 1000 g/mol. The van der Waals surface area contributed by atoms with Crippen LogP contribution < -0.4 is 65.5 Å². The van der Waals surface area contributed by atoms with E-state index in [4.69, 9.17) is 22.9 Å². The Balaban J connectivity index is 2.67. The van der Waals surface area contributed by atoms with Crippen LogP contribution in [0.3, 0.4) is 0 Å². The second kappa shape index (κ2) is 30.3. The van der Waals surface area contributed by atoms with Crippen molar-refractivity contribution in [1.29, 1.82) is 0 Å². The van der Waals surface area contributed by atoms with Gasteiger partial charge in [-0.25, -0.2) is 0 Å². The van der Waals surface area contributed by atoms with Crippen molar-refractivity contribution in [1.82, 2.24) is 47.4 Å². The van der Waals surface area contributed by atoms with Crippen LogP contribution in [0.5, 0.6) is 5.75 Å². The fourth-order valence-electron chi connectivity index (χ4n) is 7.10. The Morgan fingerprint density at radius 3 is 2.00 bits per heavy atom. The number of primary amides is 3. The van der Waals surface area contributed by atoms with Crippen LogP contribution in [0.1, 0.15) is 91.0 Å². The number of hydrogen-bond acceptors (Lipinski definition) is 14. The zero-order chi connectivity index (χ0) is 53.4. The van der Waals surface area contributed by atoms with Crippen LogP contribution >= 0.6 is 0 Å². The van der Waals surface area contributed by atoms with Crippen molar-refractivity contribution in [3.63, 3.8) is 0 Å². The maximum atomic E-state index is 14.5.